The molecule has 0 unspecified atom stereocenters. The van der Waals surface area contributed by atoms with Gasteiger partial charge in [-0.1, -0.05) is 18.2 Å². The van der Waals surface area contributed by atoms with Gasteiger partial charge in [-0.3, -0.25) is 9.52 Å². The molecule has 10 heteroatoms. The number of nitrogens with one attached hydrogen (secondary N) is 2. The molecule has 2 rings (SSSR count). The summed E-state index contributed by atoms with van der Waals surface area (Å²) in [6, 6.07) is 9.30. The van der Waals surface area contributed by atoms with Crippen molar-refractivity contribution in [3.05, 3.63) is 59.7 Å². The van der Waals surface area contributed by atoms with Crippen molar-refractivity contribution in [2.45, 2.75) is 17.5 Å². The molecule has 2 aromatic carbocycles. The molecule has 0 radical (unpaired) electrons. The quantitative estimate of drug-likeness (QED) is 0.632. The maximum atomic E-state index is 12.9. The fourth-order valence-corrected chi connectivity index (χ4v) is 3.63. The minimum absolute atomic E-state index is 0.0185. The van der Waals surface area contributed by atoms with E-state index in [9.17, 15) is 26.4 Å². The van der Waals surface area contributed by atoms with Crippen LogP contribution in [0.4, 0.5) is 18.9 Å². The van der Waals surface area contributed by atoms with E-state index in [2.05, 4.69) is 10.0 Å². The smallest absolute Gasteiger partial charge is 0.352 e. The number of nitrogens with zero attached hydrogens (tertiary/aromatic N) is 1. The maximum Gasteiger partial charge on any atom is 0.416 e. The number of hydrogen-bond donors (Lipinski definition) is 2. The van der Waals surface area contributed by atoms with Crippen LogP contribution in [0.15, 0.2) is 53.4 Å². The third kappa shape index (κ3) is 6.47. The van der Waals surface area contributed by atoms with Gasteiger partial charge in [-0.25, -0.2) is 8.42 Å². The second-order valence-corrected chi connectivity index (χ2v) is 8.27. The molecule has 29 heavy (non-hydrogen) atoms. The Morgan fingerprint density at radius 1 is 1.07 bits per heavy atom. The van der Waals surface area contributed by atoms with Crippen LogP contribution in [0.3, 0.4) is 0 Å². The van der Waals surface area contributed by atoms with Crippen LogP contribution in [0.5, 0.6) is 0 Å². The van der Waals surface area contributed by atoms with E-state index in [4.69, 9.17) is 0 Å². The Morgan fingerprint density at radius 2 is 1.76 bits per heavy atom. The van der Waals surface area contributed by atoms with E-state index in [0.29, 0.717) is 19.0 Å². The summed E-state index contributed by atoms with van der Waals surface area (Å²) >= 11 is 0. The Hall–Kier alpha value is -2.59. The number of alkyl halides is 3. The van der Waals surface area contributed by atoms with Gasteiger partial charge in [0.05, 0.1) is 21.7 Å². The molecule has 158 valence electrons. The van der Waals surface area contributed by atoms with E-state index >= 15 is 0 Å². The fourth-order valence-electron chi connectivity index (χ4n) is 2.51. The predicted octanol–water partition coefficient (Wildman–Crippen LogP) is 3.19. The van der Waals surface area contributed by atoms with Crippen LogP contribution in [0, 0.1) is 0 Å². The van der Waals surface area contributed by atoms with E-state index in [1.54, 1.807) is 6.07 Å². The van der Waals surface area contributed by atoms with Crippen LogP contribution < -0.4 is 10.0 Å². The molecule has 2 N–H and O–H groups in total. The SMILES string of the molecule is CN(C)CCCNC(=O)c1ccccc1NS(=O)(=O)c1cccc(C(F)(F)F)c1. The average molecular weight is 429 g/mol. The summed E-state index contributed by atoms with van der Waals surface area (Å²) < 4.78 is 66.0. The molecular weight excluding hydrogens is 407 g/mol. The van der Waals surface area contributed by atoms with Gasteiger partial charge in [0.1, 0.15) is 0 Å². The predicted molar refractivity (Wildman–Crippen MR) is 104 cm³/mol. The summed E-state index contributed by atoms with van der Waals surface area (Å²) in [5.74, 6) is -0.480. The molecule has 0 bridgehead atoms. The van der Waals surface area contributed by atoms with Crippen molar-refractivity contribution < 1.29 is 26.4 Å². The van der Waals surface area contributed by atoms with Crippen LogP contribution in [-0.4, -0.2) is 46.4 Å². The Kier molecular flexibility index (Phi) is 7.26. The number of carbonyl (C=O) groups excluding carboxylic acids is 1. The van der Waals surface area contributed by atoms with Crippen molar-refractivity contribution >= 4 is 21.6 Å². The van der Waals surface area contributed by atoms with Gasteiger partial charge in [-0.2, -0.15) is 13.2 Å². The first-order valence-corrected chi connectivity index (χ1v) is 10.2. The van der Waals surface area contributed by atoms with Crippen LogP contribution in [0.1, 0.15) is 22.3 Å². The topological polar surface area (TPSA) is 78.5 Å². The molecule has 0 fully saturated rings. The molecular formula is C19H22F3N3O3S. The molecule has 0 saturated carbocycles. The summed E-state index contributed by atoms with van der Waals surface area (Å²) in [6.45, 7) is 1.16. The zero-order valence-electron chi connectivity index (χ0n) is 16.0. The normalized spacial score (nSPS) is 12.1. The highest BCUT2D eigenvalue weighted by Crippen LogP contribution is 2.31. The molecule has 0 saturated heterocycles. The van der Waals surface area contributed by atoms with Gasteiger partial charge in [0.2, 0.25) is 0 Å². The number of para-hydroxylation sites is 1. The summed E-state index contributed by atoms with van der Waals surface area (Å²) in [5.41, 5.74) is -1.02. The number of rotatable bonds is 8. The van der Waals surface area contributed by atoms with E-state index in [1.807, 2.05) is 19.0 Å². The molecule has 0 aliphatic rings. The zero-order chi connectivity index (χ0) is 21.7. The Balaban J connectivity index is 2.21. The van der Waals surface area contributed by atoms with Gasteiger partial charge in [-0.05, 0) is 57.4 Å². The standard InChI is InChI=1S/C19H22F3N3O3S/c1-25(2)12-6-11-23-18(26)16-9-3-4-10-17(16)24-29(27,28)15-8-5-7-14(13-15)19(20,21)22/h3-5,7-10,13,24H,6,11-12H2,1-2H3,(H,23,26). The lowest BCUT2D eigenvalue weighted by molar-refractivity contribution is -0.137. The average Bonchev–Trinajstić information content (AvgIpc) is 2.64. The number of carbonyl (C=O) groups is 1. The van der Waals surface area contributed by atoms with Crippen molar-refractivity contribution in [3.63, 3.8) is 0 Å². The fraction of sp³-hybridized carbons (Fsp3) is 0.316. The van der Waals surface area contributed by atoms with Crippen molar-refractivity contribution in [1.29, 1.82) is 0 Å². The molecule has 1 amide bonds. The Bertz CT molecular complexity index is 960. The van der Waals surface area contributed by atoms with Crippen molar-refractivity contribution in [3.8, 4) is 0 Å². The number of halogens is 3. The van der Waals surface area contributed by atoms with E-state index in [-0.39, 0.29) is 11.3 Å². The van der Waals surface area contributed by atoms with Crippen LogP contribution in [0.25, 0.3) is 0 Å². The molecule has 0 aromatic heterocycles. The Labute approximate surface area is 167 Å². The number of benzene rings is 2. The molecule has 6 nitrogen and oxygen atoms in total. The van der Waals surface area contributed by atoms with E-state index < -0.39 is 32.6 Å². The lowest BCUT2D eigenvalue weighted by Crippen LogP contribution is -2.28. The minimum atomic E-state index is -4.67. The van der Waals surface area contributed by atoms with E-state index in [1.165, 1.54) is 18.2 Å². The highest BCUT2D eigenvalue weighted by Gasteiger charge is 2.31. The lowest BCUT2D eigenvalue weighted by Gasteiger charge is -2.14. The highest BCUT2D eigenvalue weighted by atomic mass is 32.2. The van der Waals surface area contributed by atoms with Gasteiger partial charge < -0.3 is 10.2 Å². The molecule has 0 spiro atoms. The van der Waals surface area contributed by atoms with Crippen molar-refractivity contribution in [1.82, 2.24) is 10.2 Å². The summed E-state index contributed by atoms with van der Waals surface area (Å²) in [5, 5.41) is 2.70. The van der Waals surface area contributed by atoms with Crippen molar-refractivity contribution in [2.24, 2.45) is 0 Å². The first kappa shape index (κ1) is 22.7. The van der Waals surface area contributed by atoms with Crippen LogP contribution in [-0.2, 0) is 16.2 Å². The van der Waals surface area contributed by atoms with Crippen LogP contribution in [0.2, 0.25) is 0 Å². The molecule has 0 heterocycles. The number of anilines is 1. The number of amides is 1. The summed E-state index contributed by atoms with van der Waals surface area (Å²) in [7, 11) is -0.520. The summed E-state index contributed by atoms with van der Waals surface area (Å²) in [6.07, 6.45) is -3.97. The zero-order valence-corrected chi connectivity index (χ0v) is 16.8. The van der Waals surface area contributed by atoms with Gasteiger partial charge in [0.15, 0.2) is 0 Å². The largest absolute Gasteiger partial charge is 0.416 e. The third-order valence-corrected chi connectivity index (χ3v) is 5.32. The maximum absolute atomic E-state index is 12.9. The highest BCUT2D eigenvalue weighted by molar-refractivity contribution is 7.92. The number of sulfonamides is 1. The lowest BCUT2D eigenvalue weighted by atomic mass is 10.1. The van der Waals surface area contributed by atoms with Crippen molar-refractivity contribution in [2.75, 3.05) is 31.9 Å². The van der Waals surface area contributed by atoms with Gasteiger partial charge in [0.25, 0.3) is 15.9 Å². The molecule has 0 atom stereocenters. The monoisotopic (exact) mass is 429 g/mol. The van der Waals surface area contributed by atoms with Gasteiger partial charge in [0, 0.05) is 6.54 Å². The second-order valence-electron chi connectivity index (χ2n) is 6.59. The minimum Gasteiger partial charge on any atom is -0.352 e. The third-order valence-electron chi connectivity index (χ3n) is 3.96. The molecule has 2 aromatic rings. The van der Waals surface area contributed by atoms with Gasteiger partial charge >= 0.3 is 6.18 Å². The van der Waals surface area contributed by atoms with Crippen LogP contribution >= 0.6 is 0 Å². The summed E-state index contributed by atoms with van der Waals surface area (Å²) in [4.78, 5) is 13.8. The molecule has 0 aliphatic heterocycles. The molecule has 0 aliphatic carbocycles. The first-order valence-electron chi connectivity index (χ1n) is 8.73. The van der Waals surface area contributed by atoms with Gasteiger partial charge in [-0.15, -0.1) is 0 Å². The number of hydrogen-bond acceptors (Lipinski definition) is 4. The van der Waals surface area contributed by atoms with E-state index in [0.717, 1.165) is 24.7 Å². The first-order chi connectivity index (χ1) is 13.5. The Morgan fingerprint density at radius 3 is 2.41 bits per heavy atom. The second kappa shape index (κ2) is 9.27.